The molecule has 1 aliphatic rings. The molecule has 2 aromatic carbocycles. The lowest BCUT2D eigenvalue weighted by molar-refractivity contribution is 0.0637. The van der Waals surface area contributed by atoms with Crippen molar-refractivity contribution in [2.75, 3.05) is 32.7 Å². The van der Waals surface area contributed by atoms with Crippen LogP contribution in [-0.4, -0.2) is 60.0 Å². The van der Waals surface area contributed by atoms with Gasteiger partial charge in [0.2, 0.25) is 11.6 Å². The van der Waals surface area contributed by atoms with Gasteiger partial charge in [0.05, 0.1) is 0 Å². The van der Waals surface area contributed by atoms with Crippen LogP contribution in [0.2, 0.25) is 0 Å². The topological polar surface area (TPSA) is 57.7 Å². The number of carbonyl (C=O) groups excluding carboxylic acids is 3. The molecule has 0 unspecified atom stereocenters. The second-order valence-corrected chi connectivity index (χ2v) is 6.74. The van der Waals surface area contributed by atoms with Gasteiger partial charge in [-0.25, -0.2) is 0 Å². The average molecular weight is 364 g/mol. The molecule has 5 nitrogen and oxygen atoms in total. The lowest BCUT2D eigenvalue weighted by Gasteiger charge is -2.34. The van der Waals surface area contributed by atoms with Crippen LogP contribution >= 0.6 is 0 Å². The Kier molecular flexibility index (Phi) is 6.14. The molecule has 1 saturated heterocycles. The molecule has 0 radical (unpaired) electrons. The molecule has 0 aromatic heterocycles. The van der Waals surface area contributed by atoms with E-state index in [2.05, 4.69) is 11.8 Å². The minimum atomic E-state index is -0.562. The molecule has 0 atom stereocenters. The number of carbonyl (C=O) groups is 3. The standard InChI is InChI=1S/C22H24N2O3/c1-2-12-23-13-15-24(16-14-23)22(27)19-10-8-18(9-11-19)21(26)20(25)17-6-4-3-5-7-17/h3-11H,2,12-16H2,1H3. The Bertz CT molecular complexity index is 807. The first-order valence-corrected chi connectivity index (χ1v) is 9.36. The number of Topliss-reactive ketones (excluding diaryl/α,β-unsaturated/α-hetero) is 2. The highest BCUT2D eigenvalue weighted by Crippen LogP contribution is 2.13. The third-order valence-corrected chi connectivity index (χ3v) is 4.84. The smallest absolute Gasteiger partial charge is 0.253 e. The number of hydrogen-bond acceptors (Lipinski definition) is 4. The number of piperazine rings is 1. The zero-order chi connectivity index (χ0) is 19.2. The Balaban J connectivity index is 1.64. The number of rotatable bonds is 6. The number of hydrogen-bond donors (Lipinski definition) is 0. The molecular formula is C22H24N2O3. The quantitative estimate of drug-likeness (QED) is 0.584. The largest absolute Gasteiger partial charge is 0.336 e. The van der Waals surface area contributed by atoms with Crippen molar-refractivity contribution in [2.24, 2.45) is 0 Å². The summed E-state index contributed by atoms with van der Waals surface area (Å²) >= 11 is 0. The molecular weight excluding hydrogens is 340 g/mol. The molecule has 0 spiro atoms. The van der Waals surface area contributed by atoms with E-state index < -0.39 is 11.6 Å². The Morgan fingerprint density at radius 2 is 1.26 bits per heavy atom. The molecule has 5 heteroatoms. The highest BCUT2D eigenvalue weighted by Gasteiger charge is 2.23. The van der Waals surface area contributed by atoms with Crippen molar-refractivity contribution in [1.82, 2.24) is 9.80 Å². The summed E-state index contributed by atoms with van der Waals surface area (Å²) in [6.07, 6.45) is 1.12. The molecule has 0 aliphatic carbocycles. The van der Waals surface area contributed by atoms with Crippen LogP contribution in [0.3, 0.4) is 0 Å². The zero-order valence-corrected chi connectivity index (χ0v) is 15.6. The fourth-order valence-corrected chi connectivity index (χ4v) is 3.29. The third-order valence-electron chi connectivity index (χ3n) is 4.84. The van der Waals surface area contributed by atoms with Crippen LogP contribution in [0.15, 0.2) is 54.6 Å². The fraction of sp³-hybridized carbons (Fsp3) is 0.318. The van der Waals surface area contributed by atoms with E-state index in [0.717, 1.165) is 26.1 Å². The van der Waals surface area contributed by atoms with Crippen LogP contribution < -0.4 is 0 Å². The summed E-state index contributed by atoms with van der Waals surface area (Å²) in [5.41, 5.74) is 1.21. The maximum atomic E-state index is 12.7. The van der Waals surface area contributed by atoms with Gasteiger partial charge in [-0.05, 0) is 25.1 Å². The van der Waals surface area contributed by atoms with Gasteiger partial charge in [-0.15, -0.1) is 0 Å². The summed E-state index contributed by atoms with van der Waals surface area (Å²) in [6.45, 7) is 6.43. The highest BCUT2D eigenvalue weighted by atomic mass is 16.2. The zero-order valence-electron chi connectivity index (χ0n) is 15.6. The minimum absolute atomic E-state index is 0.0282. The molecule has 0 saturated carbocycles. The number of nitrogens with zero attached hydrogens (tertiary/aromatic N) is 2. The molecule has 3 rings (SSSR count). The van der Waals surface area contributed by atoms with E-state index in [4.69, 9.17) is 0 Å². The molecule has 27 heavy (non-hydrogen) atoms. The van der Waals surface area contributed by atoms with Crippen molar-refractivity contribution in [1.29, 1.82) is 0 Å². The molecule has 2 aromatic rings. The van der Waals surface area contributed by atoms with E-state index in [1.54, 1.807) is 54.6 Å². The number of benzene rings is 2. The molecule has 1 amide bonds. The van der Waals surface area contributed by atoms with Gasteiger partial charge in [-0.1, -0.05) is 49.4 Å². The minimum Gasteiger partial charge on any atom is -0.336 e. The van der Waals surface area contributed by atoms with Crippen molar-refractivity contribution >= 4 is 17.5 Å². The summed E-state index contributed by atoms with van der Waals surface area (Å²) in [5, 5.41) is 0. The summed E-state index contributed by atoms with van der Waals surface area (Å²) in [4.78, 5) is 41.5. The van der Waals surface area contributed by atoms with Gasteiger partial charge in [0.1, 0.15) is 0 Å². The third kappa shape index (κ3) is 4.49. The maximum Gasteiger partial charge on any atom is 0.253 e. The van der Waals surface area contributed by atoms with Crippen molar-refractivity contribution < 1.29 is 14.4 Å². The summed E-state index contributed by atoms with van der Waals surface area (Å²) in [7, 11) is 0. The van der Waals surface area contributed by atoms with E-state index in [1.807, 2.05) is 4.90 Å². The van der Waals surface area contributed by atoms with Gasteiger partial charge in [-0.2, -0.15) is 0 Å². The normalized spacial score (nSPS) is 14.8. The van der Waals surface area contributed by atoms with E-state index in [9.17, 15) is 14.4 Å². The Morgan fingerprint density at radius 3 is 1.81 bits per heavy atom. The summed E-state index contributed by atoms with van der Waals surface area (Å²) in [6, 6.07) is 14.9. The van der Waals surface area contributed by atoms with Gasteiger partial charge in [0.25, 0.3) is 5.91 Å². The monoisotopic (exact) mass is 364 g/mol. The predicted octanol–water partition coefficient (Wildman–Crippen LogP) is 2.92. The van der Waals surface area contributed by atoms with Crippen molar-refractivity contribution in [2.45, 2.75) is 13.3 Å². The number of ketones is 2. The van der Waals surface area contributed by atoms with Crippen molar-refractivity contribution in [3.63, 3.8) is 0 Å². The van der Waals surface area contributed by atoms with Crippen LogP contribution in [0.25, 0.3) is 0 Å². The Morgan fingerprint density at radius 1 is 0.741 bits per heavy atom. The summed E-state index contributed by atoms with van der Waals surface area (Å²) < 4.78 is 0. The van der Waals surface area contributed by atoms with Crippen LogP contribution in [-0.2, 0) is 0 Å². The predicted molar refractivity (Wildman–Crippen MR) is 104 cm³/mol. The molecule has 1 aliphatic heterocycles. The summed E-state index contributed by atoms with van der Waals surface area (Å²) in [5.74, 6) is -1.13. The maximum absolute atomic E-state index is 12.7. The number of amides is 1. The first-order chi connectivity index (χ1) is 13.1. The van der Waals surface area contributed by atoms with E-state index >= 15 is 0 Å². The average Bonchev–Trinajstić information content (AvgIpc) is 2.74. The van der Waals surface area contributed by atoms with E-state index in [-0.39, 0.29) is 5.91 Å². The van der Waals surface area contributed by atoms with Crippen LogP contribution in [0, 0.1) is 0 Å². The molecule has 1 heterocycles. The second kappa shape index (κ2) is 8.73. The van der Waals surface area contributed by atoms with E-state index in [0.29, 0.717) is 29.8 Å². The van der Waals surface area contributed by atoms with Crippen LogP contribution in [0.5, 0.6) is 0 Å². The SMILES string of the molecule is CCCN1CCN(C(=O)c2ccc(C(=O)C(=O)c3ccccc3)cc2)CC1. The van der Waals surface area contributed by atoms with Crippen molar-refractivity contribution in [3.05, 3.63) is 71.3 Å². The molecule has 1 fully saturated rings. The fourth-order valence-electron chi connectivity index (χ4n) is 3.29. The van der Waals surface area contributed by atoms with Crippen LogP contribution in [0.1, 0.15) is 44.4 Å². The van der Waals surface area contributed by atoms with Gasteiger partial charge in [0.15, 0.2) is 0 Å². The van der Waals surface area contributed by atoms with Crippen molar-refractivity contribution in [3.8, 4) is 0 Å². The van der Waals surface area contributed by atoms with Gasteiger partial charge in [-0.3, -0.25) is 19.3 Å². The lowest BCUT2D eigenvalue weighted by atomic mass is 10.0. The lowest BCUT2D eigenvalue weighted by Crippen LogP contribution is -2.48. The van der Waals surface area contributed by atoms with Gasteiger partial charge >= 0.3 is 0 Å². The highest BCUT2D eigenvalue weighted by molar-refractivity contribution is 6.49. The molecule has 140 valence electrons. The Labute approximate surface area is 159 Å². The first-order valence-electron chi connectivity index (χ1n) is 9.36. The van der Waals surface area contributed by atoms with Gasteiger partial charge in [0, 0.05) is 42.9 Å². The molecule has 0 N–H and O–H groups in total. The van der Waals surface area contributed by atoms with Gasteiger partial charge < -0.3 is 4.90 Å². The van der Waals surface area contributed by atoms with E-state index in [1.165, 1.54) is 0 Å². The van der Waals surface area contributed by atoms with Crippen LogP contribution in [0.4, 0.5) is 0 Å². The second-order valence-electron chi connectivity index (χ2n) is 6.74. The molecule has 0 bridgehead atoms. The first kappa shape index (κ1) is 19.0. The Hall–Kier alpha value is -2.79.